The van der Waals surface area contributed by atoms with Crippen LogP contribution in [0.15, 0.2) is 18.2 Å². The highest BCUT2D eigenvalue weighted by molar-refractivity contribution is 5.70. The van der Waals surface area contributed by atoms with Crippen LogP contribution in [0.5, 0.6) is 0 Å². The number of hydrogen-bond acceptors (Lipinski definition) is 1. The molecule has 1 aromatic carbocycles. The van der Waals surface area contributed by atoms with Crippen molar-refractivity contribution in [1.29, 1.82) is 0 Å². The zero-order chi connectivity index (χ0) is 8.27. The van der Waals surface area contributed by atoms with E-state index in [-0.39, 0.29) is 7.11 Å². The summed E-state index contributed by atoms with van der Waals surface area (Å²) in [6.45, 7) is 0. The second-order valence-corrected chi connectivity index (χ2v) is 1.89. The van der Waals surface area contributed by atoms with E-state index in [4.69, 9.17) is 0 Å². The van der Waals surface area contributed by atoms with Gasteiger partial charge in [0.1, 0.15) is 0 Å². The predicted molar refractivity (Wildman–Crippen MR) is 38.2 cm³/mol. The van der Waals surface area contributed by atoms with E-state index >= 15 is 0 Å². The van der Waals surface area contributed by atoms with Gasteiger partial charge in [0.15, 0.2) is 11.6 Å². The number of benzene rings is 1. The first-order chi connectivity index (χ1) is 5.24. The number of hydrogen-bond donors (Lipinski definition) is 1. The lowest BCUT2D eigenvalue weighted by Gasteiger charge is -1.97. The molecule has 0 aliphatic rings. The lowest BCUT2D eigenvalue weighted by atomic mass is 10.3. The highest BCUT2D eigenvalue weighted by Crippen LogP contribution is 2.11. The van der Waals surface area contributed by atoms with Gasteiger partial charge in [-0.25, -0.2) is 8.78 Å². The Kier molecular flexibility index (Phi) is 2.15. The van der Waals surface area contributed by atoms with Crippen molar-refractivity contribution in [2.75, 3.05) is 5.32 Å². The Bertz CT molecular complexity index is 280. The van der Waals surface area contributed by atoms with Crippen LogP contribution in [0.4, 0.5) is 14.5 Å². The highest BCUT2D eigenvalue weighted by Gasteiger charge is 2.00. The largest absolute Gasteiger partial charge is 0.329 e. The number of halogens is 2. The maximum atomic E-state index is 12.4. The van der Waals surface area contributed by atoms with Crippen LogP contribution in [-0.4, -0.2) is 6.41 Å². The number of amides is 1. The average Bonchev–Trinajstić information content (AvgIpc) is 1.98. The lowest BCUT2D eigenvalue weighted by Crippen LogP contribution is -1.94. The molecule has 0 saturated heterocycles. The van der Waals surface area contributed by atoms with Crippen LogP contribution in [0.2, 0.25) is 0 Å². The molecule has 0 saturated carbocycles. The normalized spacial score (nSPS) is 9.27. The van der Waals surface area contributed by atoms with Crippen molar-refractivity contribution in [2.45, 2.75) is 0 Å². The van der Waals surface area contributed by atoms with Crippen molar-refractivity contribution in [3.8, 4) is 0 Å². The molecule has 0 fully saturated rings. The van der Waals surface area contributed by atoms with Gasteiger partial charge in [-0.1, -0.05) is 0 Å². The second-order valence-electron chi connectivity index (χ2n) is 1.89. The fourth-order valence-corrected chi connectivity index (χ4v) is 0.654. The Hall–Kier alpha value is -1.45. The van der Waals surface area contributed by atoms with Crippen molar-refractivity contribution in [1.82, 2.24) is 0 Å². The minimum atomic E-state index is -0.975. The molecule has 1 aromatic rings. The van der Waals surface area contributed by atoms with Gasteiger partial charge in [-0.2, -0.15) is 0 Å². The third-order valence-electron chi connectivity index (χ3n) is 1.15. The van der Waals surface area contributed by atoms with E-state index in [0.29, 0.717) is 6.41 Å². The summed E-state index contributed by atoms with van der Waals surface area (Å²) in [6.07, 6.45) is 0.396. The van der Waals surface area contributed by atoms with Gasteiger partial charge in [0.2, 0.25) is 6.41 Å². The predicted octanol–water partition coefficient (Wildman–Crippen LogP) is 1.78. The number of carbonyl (C=O) groups is 1. The molecule has 0 bridgehead atoms. The molecule has 0 aromatic heterocycles. The molecule has 2 nitrogen and oxygen atoms in total. The summed E-state index contributed by atoms with van der Waals surface area (Å²) < 4.78 is 24.6. The van der Waals surface area contributed by atoms with Gasteiger partial charge in [-0.3, -0.25) is 4.79 Å². The molecule has 0 unspecified atom stereocenters. The van der Waals surface area contributed by atoms with E-state index in [1.165, 1.54) is 6.07 Å². The number of rotatable bonds is 2. The Morgan fingerprint density at radius 1 is 1.36 bits per heavy atom. The lowest BCUT2D eigenvalue weighted by molar-refractivity contribution is -0.105. The van der Waals surface area contributed by atoms with E-state index in [2.05, 4.69) is 5.32 Å². The standard InChI is InChI=1S/C7H5F2NO.H2/c8-6-2-1-5(10-4-11)3-7(6)9;/h1-4H,(H,10,11);1H. The summed E-state index contributed by atoms with van der Waals surface area (Å²) in [5.74, 6) is -1.90. The molecule has 0 aliphatic carbocycles. The van der Waals surface area contributed by atoms with E-state index in [0.717, 1.165) is 12.1 Å². The van der Waals surface area contributed by atoms with Crippen molar-refractivity contribution < 1.29 is 15.0 Å². The monoisotopic (exact) mass is 159 g/mol. The summed E-state index contributed by atoms with van der Waals surface area (Å²) in [6, 6.07) is 3.12. The Morgan fingerprint density at radius 3 is 2.64 bits per heavy atom. The summed E-state index contributed by atoms with van der Waals surface area (Å²) in [7, 11) is 0. The van der Waals surface area contributed by atoms with Crippen molar-refractivity contribution in [2.24, 2.45) is 0 Å². The van der Waals surface area contributed by atoms with E-state index in [1.807, 2.05) is 0 Å². The molecule has 60 valence electrons. The zero-order valence-electron chi connectivity index (χ0n) is 5.47. The van der Waals surface area contributed by atoms with Crippen LogP contribution in [0, 0.1) is 11.6 Å². The van der Waals surface area contributed by atoms with Gasteiger partial charge in [0, 0.05) is 13.2 Å². The first-order valence-electron chi connectivity index (χ1n) is 2.89. The number of carbonyl (C=O) groups excluding carboxylic acids is 1. The summed E-state index contributed by atoms with van der Waals surface area (Å²) in [5, 5.41) is 2.19. The van der Waals surface area contributed by atoms with Crippen LogP contribution in [0.1, 0.15) is 1.43 Å². The molecule has 1 N–H and O–H groups in total. The van der Waals surface area contributed by atoms with Gasteiger partial charge in [0.25, 0.3) is 0 Å². The molecule has 0 radical (unpaired) electrons. The molecule has 11 heavy (non-hydrogen) atoms. The maximum Gasteiger partial charge on any atom is 0.211 e. The zero-order valence-corrected chi connectivity index (χ0v) is 5.47. The Morgan fingerprint density at radius 2 is 2.09 bits per heavy atom. The van der Waals surface area contributed by atoms with Crippen LogP contribution >= 0.6 is 0 Å². The van der Waals surface area contributed by atoms with Crippen LogP contribution in [0.3, 0.4) is 0 Å². The molecule has 0 atom stereocenters. The summed E-state index contributed by atoms with van der Waals surface area (Å²) in [5.41, 5.74) is 0.235. The first kappa shape index (κ1) is 7.65. The van der Waals surface area contributed by atoms with E-state index in [1.54, 1.807) is 0 Å². The van der Waals surface area contributed by atoms with Gasteiger partial charge < -0.3 is 5.32 Å². The van der Waals surface area contributed by atoms with E-state index in [9.17, 15) is 13.6 Å². The van der Waals surface area contributed by atoms with Crippen LogP contribution in [-0.2, 0) is 4.79 Å². The van der Waals surface area contributed by atoms with Crippen LogP contribution in [0.25, 0.3) is 0 Å². The fourth-order valence-electron chi connectivity index (χ4n) is 0.654. The molecular formula is C7H7F2NO. The average molecular weight is 159 g/mol. The van der Waals surface area contributed by atoms with Crippen molar-refractivity contribution >= 4 is 12.1 Å². The smallest absolute Gasteiger partial charge is 0.211 e. The second kappa shape index (κ2) is 3.09. The fraction of sp³-hybridized carbons (Fsp3) is 0. The third-order valence-corrected chi connectivity index (χ3v) is 1.15. The van der Waals surface area contributed by atoms with Gasteiger partial charge in [0.05, 0.1) is 0 Å². The Labute approximate surface area is 63.3 Å². The molecule has 1 amide bonds. The summed E-state index contributed by atoms with van der Waals surface area (Å²) >= 11 is 0. The quantitative estimate of drug-likeness (QED) is 0.654. The molecular weight excluding hydrogens is 152 g/mol. The molecule has 0 heterocycles. The van der Waals surface area contributed by atoms with Crippen molar-refractivity contribution in [3.05, 3.63) is 29.8 Å². The SMILES string of the molecule is O=CNc1ccc(F)c(F)c1.[HH]. The number of anilines is 1. The van der Waals surface area contributed by atoms with Gasteiger partial charge >= 0.3 is 0 Å². The molecule has 1 rings (SSSR count). The minimum absolute atomic E-state index is 0. The summed E-state index contributed by atoms with van der Waals surface area (Å²) in [4.78, 5) is 9.84. The first-order valence-corrected chi connectivity index (χ1v) is 2.89. The van der Waals surface area contributed by atoms with E-state index < -0.39 is 11.6 Å². The van der Waals surface area contributed by atoms with Crippen LogP contribution < -0.4 is 5.32 Å². The topological polar surface area (TPSA) is 29.1 Å². The number of nitrogens with one attached hydrogen (secondary N) is 1. The highest BCUT2D eigenvalue weighted by atomic mass is 19.2. The Balaban J connectivity index is 0.00000121. The van der Waals surface area contributed by atoms with Gasteiger partial charge in [-0.05, 0) is 12.1 Å². The maximum absolute atomic E-state index is 12.4. The molecule has 4 heteroatoms. The molecule has 0 aliphatic heterocycles. The third kappa shape index (κ3) is 1.73. The minimum Gasteiger partial charge on any atom is -0.329 e. The molecule has 0 spiro atoms. The van der Waals surface area contributed by atoms with Crippen molar-refractivity contribution in [3.63, 3.8) is 0 Å². The van der Waals surface area contributed by atoms with Gasteiger partial charge in [-0.15, -0.1) is 0 Å².